The minimum Gasteiger partial charge on any atom is -0.337 e. The van der Waals surface area contributed by atoms with Crippen LogP contribution in [0.15, 0.2) is 45.9 Å². The van der Waals surface area contributed by atoms with Crippen molar-refractivity contribution in [3.63, 3.8) is 0 Å². The van der Waals surface area contributed by atoms with E-state index in [2.05, 4.69) is 49.3 Å². The minimum atomic E-state index is 0.740. The SMILES string of the molecule is CSc1ccccc1-c1nc2ncc(Br)cc2[nH]1. The Balaban J connectivity index is 2.19. The maximum atomic E-state index is 4.53. The number of pyridine rings is 1. The van der Waals surface area contributed by atoms with Crippen LogP contribution >= 0.6 is 27.7 Å². The van der Waals surface area contributed by atoms with E-state index < -0.39 is 0 Å². The first-order chi connectivity index (χ1) is 8.78. The van der Waals surface area contributed by atoms with Crippen LogP contribution in [0.25, 0.3) is 22.6 Å². The molecule has 0 saturated carbocycles. The molecule has 0 aliphatic heterocycles. The van der Waals surface area contributed by atoms with Crippen molar-refractivity contribution in [3.8, 4) is 11.4 Å². The number of aromatic amines is 1. The minimum absolute atomic E-state index is 0.740. The second-order valence-electron chi connectivity index (χ2n) is 3.81. The molecule has 1 aromatic carbocycles. The topological polar surface area (TPSA) is 41.6 Å². The number of nitrogens with zero attached hydrogens (tertiary/aromatic N) is 2. The van der Waals surface area contributed by atoms with Gasteiger partial charge in [-0.2, -0.15) is 0 Å². The number of halogens is 1. The average Bonchev–Trinajstić information content (AvgIpc) is 2.81. The Morgan fingerprint density at radius 2 is 2.11 bits per heavy atom. The monoisotopic (exact) mass is 319 g/mol. The summed E-state index contributed by atoms with van der Waals surface area (Å²) in [5, 5.41) is 0. The molecule has 2 aromatic heterocycles. The molecule has 2 heterocycles. The van der Waals surface area contributed by atoms with Gasteiger partial charge in [-0.25, -0.2) is 9.97 Å². The molecule has 0 radical (unpaired) electrons. The summed E-state index contributed by atoms with van der Waals surface area (Å²) in [4.78, 5) is 13.3. The summed E-state index contributed by atoms with van der Waals surface area (Å²) in [6.07, 6.45) is 3.82. The first kappa shape index (κ1) is 11.7. The van der Waals surface area contributed by atoms with Gasteiger partial charge < -0.3 is 4.98 Å². The molecule has 0 aliphatic carbocycles. The highest BCUT2D eigenvalue weighted by Crippen LogP contribution is 2.29. The van der Waals surface area contributed by atoms with E-state index in [1.54, 1.807) is 18.0 Å². The largest absolute Gasteiger partial charge is 0.337 e. The van der Waals surface area contributed by atoms with Crippen LogP contribution in [0, 0.1) is 0 Å². The molecular weight excluding hydrogens is 310 g/mol. The molecule has 1 N–H and O–H groups in total. The smallest absolute Gasteiger partial charge is 0.178 e. The molecule has 90 valence electrons. The number of rotatable bonds is 2. The van der Waals surface area contributed by atoms with Gasteiger partial charge in [-0.3, -0.25) is 0 Å². The van der Waals surface area contributed by atoms with Crippen LogP contribution in [0.4, 0.5) is 0 Å². The van der Waals surface area contributed by atoms with Crippen molar-refractivity contribution in [3.05, 3.63) is 41.0 Å². The third-order valence-corrected chi connectivity index (χ3v) is 3.90. The van der Waals surface area contributed by atoms with Crippen molar-refractivity contribution >= 4 is 38.9 Å². The lowest BCUT2D eigenvalue weighted by atomic mass is 10.2. The Kier molecular flexibility index (Phi) is 3.09. The predicted octanol–water partition coefficient (Wildman–Crippen LogP) is 4.11. The molecule has 0 aliphatic rings. The summed E-state index contributed by atoms with van der Waals surface area (Å²) in [5.41, 5.74) is 2.79. The van der Waals surface area contributed by atoms with Gasteiger partial charge in [-0.1, -0.05) is 18.2 Å². The summed E-state index contributed by atoms with van der Waals surface area (Å²) in [6, 6.07) is 10.2. The standard InChI is InChI=1S/C13H10BrN3S/c1-18-11-5-3-2-4-9(11)12-16-10-6-8(14)7-15-13(10)17-12/h2-7H,1H3,(H,15,16,17). The van der Waals surface area contributed by atoms with Crippen LogP contribution < -0.4 is 0 Å². The van der Waals surface area contributed by atoms with Gasteiger partial charge in [0.2, 0.25) is 0 Å². The van der Waals surface area contributed by atoms with Gasteiger partial charge >= 0.3 is 0 Å². The fraction of sp³-hybridized carbons (Fsp3) is 0.0769. The van der Waals surface area contributed by atoms with E-state index in [-0.39, 0.29) is 0 Å². The molecule has 0 unspecified atom stereocenters. The Bertz CT molecular complexity index is 708. The lowest BCUT2D eigenvalue weighted by Gasteiger charge is -2.02. The molecule has 0 amide bonds. The molecule has 3 nitrogen and oxygen atoms in total. The second-order valence-corrected chi connectivity index (χ2v) is 5.57. The van der Waals surface area contributed by atoms with Crippen LogP contribution in [0.1, 0.15) is 0 Å². The Morgan fingerprint density at radius 1 is 1.28 bits per heavy atom. The highest BCUT2D eigenvalue weighted by Gasteiger charge is 2.09. The predicted molar refractivity (Wildman–Crippen MR) is 78.8 cm³/mol. The van der Waals surface area contributed by atoms with Gasteiger partial charge in [-0.15, -0.1) is 11.8 Å². The third kappa shape index (κ3) is 2.04. The number of hydrogen-bond donors (Lipinski definition) is 1. The van der Waals surface area contributed by atoms with Crippen molar-refractivity contribution in [2.75, 3.05) is 6.26 Å². The first-order valence-electron chi connectivity index (χ1n) is 5.42. The van der Waals surface area contributed by atoms with Crippen molar-refractivity contribution in [1.29, 1.82) is 0 Å². The number of hydrogen-bond acceptors (Lipinski definition) is 3. The van der Waals surface area contributed by atoms with Crippen molar-refractivity contribution in [2.24, 2.45) is 0 Å². The summed E-state index contributed by atoms with van der Waals surface area (Å²) in [7, 11) is 0. The van der Waals surface area contributed by atoms with Crippen molar-refractivity contribution < 1.29 is 0 Å². The van der Waals surface area contributed by atoms with E-state index in [4.69, 9.17) is 0 Å². The molecule has 0 fully saturated rings. The number of imidazole rings is 1. The normalized spacial score (nSPS) is 11.0. The lowest BCUT2D eigenvalue weighted by molar-refractivity contribution is 1.27. The average molecular weight is 320 g/mol. The summed E-state index contributed by atoms with van der Waals surface area (Å²) < 4.78 is 0.948. The van der Waals surface area contributed by atoms with Crippen LogP contribution in [0.3, 0.4) is 0 Å². The van der Waals surface area contributed by atoms with E-state index >= 15 is 0 Å². The number of H-pyrrole nitrogens is 1. The van der Waals surface area contributed by atoms with Crippen LogP contribution in [-0.2, 0) is 0 Å². The highest BCUT2D eigenvalue weighted by molar-refractivity contribution is 9.10. The summed E-state index contributed by atoms with van der Waals surface area (Å²) >= 11 is 5.13. The van der Waals surface area contributed by atoms with Gasteiger partial charge in [0.1, 0.15) is 5.82 Å². The molecular formula is C13H10BrN3S. The van der Waals surface area contributed by atoms with E-state index in [0.717, 1.165) is 27.0 Å². The fourth-order valence-electron chi connectivity index (χ4n) is 1.84. The number of fused-ring (bicyclic) bond motifs is 1. The van der Waals surface area contributed by atoms with Crippen molar-refractivity contribution in [2.45, 2.75) is 4.90 Å². The fourth-order valence-corrected chi connectivity index (χ4v) is 2.77. The maximum absolute atomic E-state index is 4.53. The summed E-state index contributed by atoms with van der Waals surface area (Å²) in [6.45, 7) is 0. The van der Waals surface area contributed by atoms with Gasteiger partial charge in [0.25, 0.3) is 0 Å². The van der Waals surface area contributed by atoms with Gasteiger partial charge in [-0.05, 0) is 34.3 Å². The molecule has 18 heavy (non-hydrogen) atoms. The number of thioether (sulfide) groups is 1. The first-order valence-corrected chi connectivity index (χ1v) is 7.44. The Morgan fingerprint density at radius 3 is 2.94 bits per heavy atom. The molecule has 0 atom stereocenters. The molecule has 5 heteroatoms. The number of benzene rings is 1. The second kappa shape index (κ2) is 4.74. The Hall–Kier alpha value is -1.33. The summed E-state index contributed by atoms with van der Waals surface area (Å²) in [5.74, 6) is 0.862. The maximum Gasteiger partial charge on any atom is 0.178 e. The van der Waals surface area contributed by atoms with Crippen molar-refractivity contribution in [1.82, 2.24) is 15.0 Å². The quantitative estimate of drug-likeness (QED) is 0.723. The lowest BCUT2D eigenvalue weighted by Crippen LogP contribution is -1.83. The van der Waals surface area contributed by atoms with Crippen LogP contribution in [0.5, 0.6) is 0 Å². The number of aromatic nitrogens is 3. The van der Waals surface area contributed by atoms with Gasteiger partial charge in [0, 0.05) is 21.1 Å². The Labute approximate surface area is 117 Å². The van der Waals surface area contributed by atoms with Gasteiger partial charge in [0.05, 0.1) is 5.52 Å². The van der Waals surface area contributed by atoms with E-state index in [1.807, 2.05) is 18.2 Å². The molecule has 0 spiro atoms. The van der Waals surface area contributed by atoms with E-state index in [0.29, 0.717) is 0 Å². The van der Waals surface area contributed by atoms with Gasteiger partial charge in [0.15, 0.2) is 5.65 Å². The van der Waals surface area contributed by atoms with Crippen LogP contribution in [0.2, 0.25) is 0 Å². The van der Waals surface area contributed by atoms with E-state index in [1.165, 1.54) is 4.90 Å². The highest BCUT2D eigenvalue weighted by atomic mass is 79.9. The zero-order valence-electron chi connectivity index (χ0n) is 9.64. The third-order valence-electron chi connectivity index (χ3n) is 2.67. The van der Waals surface area contributed by atoms with E-state index in [9.17, 15) is 0 Å². The molecule has 3 rings (SSSR count). The molecule has 0 saturated heterocycles. The zero-order valence-corrected chi connectivity index (χ0v) is 12.0. The van der Waals surface area contributed by atoms with Crippen LogP contribution in [-0.4, -0.2) is 21.2 Å². The number of nitrogens with one attached hydrogen (secondary N) is 1. The molecule has 0 bridgehead atoms. The zero-order chi connectivity index (χ0) is 12.5. The molecule has 3 aromatic rings.